The van der Waals surface area contributed by atoms with Crippen molar-refractivity contribution in [3.8, 4) is 39.9 Å². The Kier molecular flexibility index (Phi) is 6.99. The average Bonchev–Trinajstić information content (AvgIpc) is 3.39. The van der Waals surface area contributed by atoms with E-state index in [2.05, 4.69) is 15.3 Å². The van der Waals surface area contributed by atoms with Gasteiger partial charge in [0.05, 0.1) is 33.4 Å². The number of methoxy groups -OCH3 is 3. The van der Waals surface area contributed by atoms with Gasteiger partial charge < -0.3 is 24.1 Å². The molecule has 0 aliphatic carbocycles. The van der Waals surface area contributed by atoms with E-state index in [0.717, 1.165) is 42.1 Å². The zero-order valence-corrected chi connectivity index (χ0v) is 18.9. The highest BCUT2D eigenvalue weighted by molar-refractivity contribution is 5.72. The predicted molar refractivity (Wildman–Crippen MR) is 126 cm³/mol. The normalized spacial score (nSPS) is 10.6. The summed E-state index contributed by atoms with van der Waals surface area (Å²) < 4.78 is 18.5. The van der Waals surface area contributed by atoms with Gasteiger partial charge in [0.25, 0.3) is 0 Å². The summed E-state index contributed by atoms with van der Waals surface area (Å²) in [7, 11) is 4.77. The lowest BCUT2D eigenvalue weighted by atomic mass is 10.1. The number of nitrogens with one attached hydrogen (secondary N) is 1. The third-order valence-electron chi connectivity index (χ3n) is 5.08. The molecule has 3 heterocycles. The molecule has 0 radical (unpaired) electrons. The lowest BCUT2D eigenvalue weighted by Crippen LogP contribution is -2.08. The van der Waals surface area contributed by atoms with Crippen molar-refractivity contribution < 1.29 is 14.2 Å². The second-order valence-electron chi connectivity index (χ2n) is 7.19. The molecule has 0 amide bonds. The molecule has 170 valence electrons. The van der Waals surface area contributed by atoms with Crippen molar-refractivity contribution in [1.29, 1.82) is 0 Å². The van der Waals surface area contributed by atoms with Crippen molar-refractivity contribution in [2.75, 3.05) is 33.2 Å². The van der Waals surface area contributed by atoms with E-state index in [0.29, 0.717) is 23.1 Å². The molecule has 33 heavy (non-hydrogen) atoms. The van der Waals surface area contributed by atoms with E-state index in [4.69, 9.17) is 24.2 Å². The summed E-state index contributed by atoms with van der Waals surface area (Å²) in [5, 5.41) is 3.42. The van der Waals surface area contributed by atoms with E-state index in [9.17, 15) is 0 Å². The molecule has 0 spiro atoms. The maximum atomic E-state index is 5.52. The number of pyridine rings is 1. The Morgan fingerprint density at radius 2 is 1.61 bits per heavy atom. The van der Waals surface area contributed by atoms with Gasteiger partial charge in [-0.15, -0.1) is 0 Å². The van der Waals surface area contributed by atoms with Crippen molar-refractivity contribution in [2.45, 2.75) is 13.0 Å². The fourth-order valence-electron chi connectivity index (χ4n) is 3.44. The number of aromatic nitrogens is 5. The van der Waals surface area contributed by atoms with Gasteiger partial charge in [-0.1, -0.05) is 0 Å². The van der Waals surface area contributed by atoms with Crippen LogP contribution in [0.5, 0.6) is 17.2 Å². The number of hydrogen-bond donors (Lipinski definition) is 1. The van der Waals surface area contributed by atoms with Crippen molar-refractivity contribution >= 4 is 5.82 Å². The lowest BCUT2D eigenvalue weighted by Gasteiger charge is -2.15. The summed E-state index contributed by atoms with van der Waals surface area (Å²) in [6, 6.07) is 9.45. The number of aryl methyl sites for hydroxylation is 1. The van der Waals surface area contributed by atoms with Gasteiger partial charge in [-0.25, -0.2) is 15.0 Å². The molecule has 1 N–H and O–H groups in total. The van der Waals surface area contributed by atoms with Crippen LogP contribution in [0.1, 0.15) is 6.42 Å². The largest absolute Gasteiger partial charge is 0.493 e. The van der Waals surface area contributed by atoms with Crippen LogP contribution >= 0.6 is 0 Å². The Bertz CT molecular complexity index is 1160. The van der Waals surface area contributed by atoms with Crippen LogP contribution in [-0.2, 0) is 6.54 Å². The first-order chi connectivity index (χ1) is 16.2. The number of anilines is 1. The minimum Gasteiger partial charge on any atom is -0.493 e. The molecule has 4 rings (SSSR count). The van der Waals surface area contributed by atoms with E-state index in [1.54, 1.807) is 39.9 Å². The van der Waals surface area contributed by atoms with E-state index in [1.807, 2.05) is 47.4 Å². The monoisotopic (exact) mass is 446 g/mol. The summed E-state index contributed by atoms with van der Waals surface area (Å²) in [5.41, 5.74) is 2.43. The Balaban J connectivity index is 1.67. The predicted octanol–water partition coefficient (Wildman–Crippen LogP) is 3.93. The van der Waals surface area contributed by atoms with Crippen molar-refractivity contribution in [3.05, 3.63) is 61.4 Å². The maximum Gasteiger partial charge on any atom is 0.203 e. The minimum absolute atomic E-state index is 0.532. The Labute approximate surface area is 192 Å². The first-order valence-corrected chi connectivity index (χ1v) is 10.5. The van der Waals surface area contributed by atoms with Gasteiger partial charge in [-0.3, -0.25) is 4.98 Å². The van der Waals surface area contributed by atoms with Gasteiger partial charge in [0.2, 0.25) is 5.75 Å². The summed E-state index contributed by atoms with van der Waals surface area (Å²) >= 11 is 0. The number of benzene rings is 1. The molecule has 0 bridgehead atoms. The highest BCUT2D eigenvalue weighted by atomic mass is 16.5. The van der Waals surface area contributed by atoms with Crippen molar-refractivity contribution in [1.82, 2.24) is 24.5 Å². The van der Waals surface area contributed by atoms with Crippen LogP contribution in [0.3, 0.4) is 0 Å². The zero-order valence-electron chi connectivity index (χ0n) is 18.9. The first kappa shape index (κ1) is 22.1. The summed E-state index contributed by atoms with van der Waals surface area (Å²) in [5.74, 6) is 2.98. The molecule has 0 aliphatic rings. The van der Waals surface area contributed by atoms with E-state index in [-0.39, 0.29) is 0 Å². The second-order valence-corrected chi connectivity index (χ2v) is 7.19. The Morgan fingerprint density at radius 3 is 2.24 bits per heavy atom. The van der Waals surface area contributed by atoms with Crippen molar-refractivity contribution in [2.24, 2.45) is 0 Å². The molecule has 9 nitrogen and oxygen atoms in total. The third-order valence-corrected chi connectivity index (χ3v) is 5.08. The van der Waals surface area contributed by atoms with Crippen LogP contribution in [0.15, 0.2) is 61.4 Å². The number of imidazole rings is 1. The van der Waals surface area contributed by atoms with Gasteiger partial charge >= 0.3 is 0 Å². The van der Waals surface area contributed by atoms with Crippen LogP contribution in [0, 0.1) is 0 Å². The fraction of sp³-hybridized carbons (Fsp3) is 0.250. The van der Waals surface area contributed by atoms with Crippen LogP contribution in [-0.4, -0.2) is 52.4 Å². The highest BCUT2D eigenvalue weighted by Gasteiger charge is 2.16. The molecule has 4 aromatic rings. The molecule has 9 heteroatoms. The lowest BCUT2D eigenvalue weighted by molar-refractivity contribution is 0.324. The molecule has 0 fully saturated rings. The van der Waals surface area contributed by atoms with E-state index >= 15 is 0 Å². The molecular weight excluding hydrogens is 420 g/mol. The number of rotatable bonds is 10. The van der Waals surface area contributed by atoms with Gasteiger partial charge in [-0.05, 0) is 30.7 Å². The molecule has 0 saturated carbocycles. The topological polar surface area (TPSA) is 96.2 Å². The number of hydrogen-bond acceptors (Lipinski definition) is 8. The minimum atomic E-state index is 0.532. The third kappa shape index (κ3) is 5.20. The Hall–Kier alpha value is -4.14. The summed E-state index contributed by atoms with van der Waals surface area (Å²) in [4.78, 5) is 17.7. The first-order valence-electron chi connectivity index (χ1n) is 10.5. The standard InChI is InChI=1S/C24H26N6O3/c1-31-20-13-18(14-21(32-2)23(20)33-3)19-15-22(27-7-4-11-30-12-10-26-16-30)29-24(28-19)17-5-8-25-9-6-17/h5-6,8-10,12-16H,4,7,11H2,1-3H3,(H,27,28,29). The van der Waals surface area contributed by atoms with Crippen LogP contribution in [0.25, 0.3) is 22.6 Å². The quantitative estimate of drug-likeness (QED) is 0.366. The molecular formula is C24H26N6O3. The smallest absolute Gasteiger partial charge is 0.203 e. The van der Waals surface area contributed by atoms with Crippen molar-refractivity contribution in [3.63, 3.8) is 0 Å². The fourth-order valence-corrected chi connectivity index (χ4v) is 3.44. The number of nitrogens with zero attached hydrogens (tertiary/aromatic N) is 5. The van der Waals surface area contributed by atoms with E-state index in [1.165, 1.54) is 0 Å². The summed E-state index contributed by atoms with van der Waals surface area (Å²) in [6.45, 7) is 1.62. The van der Waals surface area contributed by atoms with Crippen LogP contribution in [0.4, 0.5) is 5.82 Å². The van der Waals surface area contributed by atoms with Gasteiger partial charge in [0.15, 0.2) is 17.3 Å². The maximum absolute atomic E-state index is 5.52. The molecule has 0 aliphatic heterocycles. The second kappa shape index (κ2) is 10.4. The van der Waals surface area contributed by atoms with E-state index < -0.39 is 0 Å². The van der Waals surface area contributed by atoms with Gasteiger partial charge in [-0.2, -0.15) is 0 Å². The SMILES string of the molecule is COc1cc(-c2cc(NCCCn3ccnc3)nc(-c3ccncc3)n2)cc(OC)c1OC. The van der Waals surface area contributed by atoms with Gasteiger partial charge in [0, 0.05) is 55.1 Å². The van der Waals surface area contributed by atoms with Crippen LogP contribution in [0.2, 0.25) is 0 Å². The summed E-state index contributed by atoms with van der Waals surface area (Å²) in [6.07, 6.45) is 9.92. The Morgan fingerprint density at radius 1 is 0.848 bits per heavy atom. The van der Waals surface area contributed by atoms with Gasteiger partial charge in [0.1, 0.15) is 5.82 Å². The molecule has 0 saturated heterocycles. The highest BCUT2D eigenvalue weighted by Crippen LogP contribution is 2.41. The van der Waals surface area contributed by atoms with Crippen LogP contribution < -0.4 is 19.5 Å². The molecule has 0 atom stereocenters. The molecule has 0 unspecified atom stereocenters. The zero-order chi connectivity index (χ0) is 23.0. The number of ether oxygens (including phenoxy) is 3. The molecule has 1 aromatic carbocycles. The molecule has 3 aromatic heterocycles. The average molecular weight is 447 g/mol.